The number of guanidine groups is 1. The molecule has 0 aliphatic carbocycles. The summed E-state index contributed by atoms with van der Waals surface area (Å²) in [6.07, 6.45) is 2.04. The standard InChI is InChI=1S/C20H28N4OS.HI/c1-21-20(22-10-2-4-17-6-8-18(25)9-7-17)24-13-11-23(12-14-24)16-19-5-3-15-26-19;/h3,5-9,15,25H,2,4,10-14,16H2,1H3,(H,21,22);1H. The first-order valence-electron chi connectivity index (χ1n) is 9.23. The van der Waals surface area contributed by atoms with Gasteiger partial charge in [-0.1, -0.05) is 18.2 Å². The van der Waals surface area contributed by atoms with Crippen LogP contribution in [-0.2, 0) is 13.0 Å². The zero-order valence-electron chi connectivity index (χ0n) is 15.8. The highest BCUT2D eigenvalue weighted by Gasteiger charge is 2.19. The van der Waals surface area contributed by atoms with Crippen LogP contribution in [0.25, 0.3) is 0 Å². The van der Waals surface area contributed by atoms with E-state index in [0.29, 0.717) is 5.75 Å². The molecule has 1 aromatic heterocycles. The number of piperazine rings is 1. The molecule has 1 aromatic carbocycles. The topological polar surface area (TPSA) is 51.1 Å². The number of benzene rings is 1. The molecule has 0 unspecified atom stereocenters. The predicted octanol–water partition coefficient (Wildman–Crippen LogP) is 3.40. The van der Waals surface area contributed by atoms with Crippen LogP contribution in [0.15, 0.2) is 46.8 Å². The summed E-state index contributed by atoms with van der Waals surface area (Å²) in [7, 11) is 1.86. The Morgan fingerprint density at radius 1 is 1.15 bits per heavy atom. The number of aromatic hydroxyl groups is 1. The Hall–Kier alpha value is -1.32. The van der Waals surface area contributed by atoms with Crippen molar-refractivity contribution in [3.05, 3.63) is 52.2 Å². The predicted molar refractivity (Wildman–Crippen MR) is 124 cm³/mol. The number of aliphatic imine (C=N–C) groups is 1. The van der Waals surface area contributed by atoms with Crippen molar-refractivity contribution >= 4 is 41.3 Å². The third-order valence-corrected chi connectivity index (χ3v) is 5.57. The molecule has 1 saturated heterocycles. The molecule has 0 atom stereocenters. The average molecular weight is 500 g/mol. The van der Waals surface area contributed by atoms with Gasteiger partial charge in [0.05, 0.1) is 0 Å². The number of thiophene rings is 1. The highest BCUT2D eigenvalue weighted by atomic mass is 127. The zero-order chi connectivity index (χ0) is 18.2. The summed E-state index contributed by atoms with van der Waals surface area (Å²) in [5.41, 5.74) is 1.25. The third-order valence-electron chi connectivity index (χ3n) is 4.70. The van der Waals surface area contributed by atoms with Gasteiger partial charge in [0.1, 0.15) is 5.75 Å². The minimum Gasteiger partial charge on any atom is -0.508 e. The first-order chi connectivity index (χ1) is 12.7. The molecule has 1 aliphatic heterocycles. The van der Waals surface area contributed by atoms with Crippen LogP contribution in [0.2, 0.25) is 0 Å². The normalized spacial score (nSPS) is 15.4. The van der Waals surface area contributed by atoms with Crippen molar-refractivity contribution < 1.29 is 5.11 Å². The maximum Gasteiger partial charge on any atom is 0.193 e. The van der Waals surface area contributed by atoms with Gasteiger partial charge in [0.15, 0.2) is 5.96 Å². The molecule has 2 aromatic rings. The fourth-order valence-corrected chi connectivity index (χ4v) is 3.97. The van der Waals surface area contributed by atoms with Crippen LogP contribution in [0.5, 0.6) is 5.75 Å². The Balaban J connectivity index is 0.00000261. The second-order valence-electron chi connectivity index (χ2n) is 6.59. The molecule has 0 bridgehead atoms. The molecule has 27 heavy (non-hydrogen) atoms. The molecule has 0 saturated carbocycles. The van der Waals surface area contributed by atoms with Gasteiger partial charge < -0.3 is 15.3 Å². The van der Waals surface area contributed by atoms with Gasteiger partial charge >= 0.3 is 0 Å². The van der Waals surface area contributed by atoms with Crippen LogP contribution in [0.1, 0.15) is 16.9 Å². The summed E-state index contributed by atoms with van der Waals surface area (Å²) < 4.78 is 0. The molecule has 3 rings (SSSR count). The maximum absolute atomic E-state index is 9.33. The summed E-state index contributed by atoms with van der Waals surface area (Å²) >= 11 is 1.84. The lowest BCUT2D eigenvalue weighted by Crippen LogP contribution is -2.52. The number of nitrogens with one attached hydrogen (secondary N) is 1. The lowest BCUT2D eigenvalue weighted by atomic mass is 10.1. The second-order valence-corrected chi connectivity index (χ2v) is 7.62. The largest absolute Gasteiger partial charge is 0.508 e. The van der Waals surface area contributed by atoms with Gasteiger partial charge in [-0.25, -0.2) is 0 Å². The van der Waals surface area contributed by atoms with Crippen LogP contribution < -0.4 is 5.32 Å². The fourth-order valence-electron chi connectivity index (χ4n) is 3.23. The number of aryl methyl sites for hydroxylation is 1. The van der Waals surface area contributed by atoms with E-state index in [0.717, 1.165) is 58.1 Å². The average Bonchev–Trinajstić information content (AvgIpc) is 3.17. The molecular weight excluding hydrogens is 471 g/mol. The molecule has 0 spiro atoms. The van der Waals surface area contributed by atoms with Crippen LogP contribution in [0.4, 0.5) is 0 Å². The van der Waals surface area contributed by atoms with E-state index in [4.69, 9.17) is 0 Å². The Morgan fingerprint density at radius 3 is 2.52 bits per heavy atom. The minimum absolute atomic E-state index is 0. The fraction of sp³-hybridized carbons (Fsp3) is 0.450. The Labute approximate surface area is 183 Å². The molecule has 0 amide bonds. The number of rotatable bonds is 6. The van der Waals surface area contributed by atoms with E-state index in [9.17, 15) is 5.11 Å². The highest BCUT2D eigenvalue weighted by Crippen LogP contribution is 2.14. The minimum atomic E-state index is 0. The maximum atomic E-state index is 9.33. The first kappa shape index (κ1) is 22.0. The van der Waals surface area contributed by atoms with Gasteiger partial charge in [-0.05, 0) is 42.0 Å². The van der Waals surface area contributed by atoms with E-state index in [1.165, 1.54) is 10.4 Å². The molecule has 0 radical (unpaired) electrons. The van der Waals surface area contributed by atoms with Crippen molar-refractivity contribution in [2.75, 3.05) is 39.8 Å². The summed E-state index contributed by atoms with van der Waals surface area (Å²) in [5.74, 6) is 1.33. The highest BCUT2D eigenvalue weighted by molar-refractivity contribution is 14.0. The number of phenols is 1. The molecule has 2 heterocycles. The molecule has 148 valence electrons. The van der Waals surface area contributed by atoms with Crippen LogP contribution in [0, 0.1) is 0 Å². The molecule has 1 fully saturated rings. The SMILES string of the molecule is CN=C(NCCCc1ccc(O)cc1)N1CCN(Cc2cccs2)CC1.I. The van der Waals surface area contributed by atoms with Crippen LogP contribution in [0.3, 0.4) is 0 Å². The van der Waals surface area contributed by atoms with Gasteiger partial charge in [-0.2, -0.15) is 0 Å². The van der Waals surface area contributed by atoms with Gasteiger partial charge in [0.2, 0.25) is 0 Å². The number of nitrogens with zero attached hydrogens (tertiary/aromatic N) is 3. The summed E-state index contributed by atoms with van der Waals surface area (Å²) in [4.78, 5) is 10.8. The number of hydrogen-bond donors (Lipinski definition) is 2. The van der Waals surface area contributed by atoms with E-state index in [1.807, 2.05) is 30.5 Å². The second kappa shape index (κ2) is 11.5. The first-order valence-corrected chi connectivity index (χ1v) is 10.1. The molecule has 2 N–H and O–H groups in total. The van der Waals surface area contributed by atoms with E-state index < -0.39 is 0 Å². The quantitative estimate of drug-likeness (QED) is 0.277. The van der Waals surface area contributed by atoms with Crippen molar-refractivity contribution in [3.8, 4) is 5.75 Å². The number of halogens is 1. The lowest BCUT2D eigenvalue weighted by Gasteiger charge is -2.36. The Kier molecular flexibility index (Phi) is 9.36. The Bertz CT molecular complexity index is 683. The van der Waals surface area contributed by atoms with Gasteiger partial charge in [-0.15, -0.1) is 35.3 Å². The van der Waals surface area contributed by atoms with Gasteiger partial charge in [0, 0.05) is 51.2 Å². The monoisotopic (exact) mass is 500 g/mol. The molecule has 1 aliphatic rings. The number of phenolic OH excluding ortho intramolecular Hbond substituents is 1. The molecule has 7 heteroatoms. The summed E-state index contributed by atoms with van der Waals surface area (Å²) in [5, 5.41) is 15.0. The molecule has 5 nitrogen and oxygen atoms in total. The zero-order valence-corrected chi connectivity index (χ0v) is 19.0. The van der Waals surface area contributed by atoms with Gasteiger partial charge in [0.25, 0.3) is 0 Å². The van der Waals surface area contributed by atoms with E-state index in [1.54, 1.807) is 12.1 Å². The van der Waals surface area contributed by atoms with Gasteiger partial charge in [-0.3, -0.25) is 9.89 Å². The van der Waals surface area contributed by atoms with E-state index in [2.05, 4.69) is 37.6 Å². The summed E-state index contributed by atoms with van der Waals surface area (Å²) in [6.45, 7) is 6.15. The van der Waals surface area contributed by atoms with E-state index in [-0.39, 0.29) is 24.0 Å². The summed E-state index contributed by atoms with van der Waals surface area (Å²) in [6, 6.07) is 11.8. The van der Waals surface area contributed by atoms with E-state index >= 15 is 0 Å². The van der Waals surface area contributed by atoms with Crippen molar-refractivity contribution in [1.82, 2.24) is 15.1 Å². The Morgan fingerprint density at radius 2 is 1.89 bits per heavy atom. The van der Waals surface area contributed by atoms with Crippen molar-refractivity contribution in [2.45, 2.75) is 19.4 Å². The third kappa shape index (κ3) is 6.97. The number of hydrogen-bond acceptors (Lipinski definition) is 4. The van der Waals surface area contributed by atoms with Crippen molar-refractivity contribution in [2.24, 2.45) is 4.99 Å². The van der Waals surface area contributed by atoms with Crippen molar-refractivity contribution in [1.29, 1.82) is 0 Å². The van der Waals surface area contributed by atoms with Crippen LogP contribution in [-0.4, -0.2) is 60.6 Å². The smallest absolute Gasteiger partial charge is 0.193 e. The lowest BCUT2D eigenvalue weighted by molar-refractivity contribution is 0.174. The van der Waals surface area contributed by atoms with Crippen molar-refractivity contribution in [3.63, 3.8) is 0 Å². The molecular formula is C20H29IN4OS. The van der Waals surface area contributed by atoms with Crippen LogP contribution >= 0.6 is 35.3 Å².